The predicted octanol–water partition coefficient (Wildman–Crippen LogP) is 1.60. The minimum Gasteiger partial charge on any atom is -0.341 e. The SMILES string of the molecule is CN1CCC(C(=O)N(C)Cc2ccccc2)C1. The van der Waals surface area contributed by atoms with Gasteiger partial charge < -0.3 is 9.80 Å². The van der Waals surface area contributed by atoms with E-state index >= 15 is 0 Å². The summed E-state index contributed by atoms with van der Waals surface area (Å²) in [5, 5.41) is 0. The molecule has 1 amide bonds. The van der Waals surface area contributed by atoms with Gasteiger partial charge in [0.2, 0.25) is 5.91 Å². The lowest BCUT2D eigenvalue weighted by atomic mass is 10.1. The Balaban J connectivity index is 1.92. The van der Waals surface area contributed by atoms with Crippen molar-refractivity contribution < 1.29 is 4.79 Å². The molecule has 1 fully saturated rings. The van der Waals surface area contributed by atoms with Crippen molar-refractivity contribution in [2.75, 3.05) is 27.2 Å². The molecule has 3 nitrogen and oxygen atoms in total. The standard InChI is InChI=1S/C14H20N2O/c1-15-9-8-13(11-15)14(17)16(2)10-12-6-4-3-5-7-12/h3-7,13H,8-11H2,1-2H3. The number of likely N-dealkylation sites (tertiary alicyclic amines) is 1. The second kappa shape index (κ2) is 5.32. The predicted molar refractivity (Wildman–Crippen MR) is 68.5 cm³/mol. The summed E-state index contributed by atoms with van der Waals surface area (Å²) in [6.07, 6.45) is 0.995. The Bertz CT molecular complexity index is 377. The highest BCUT2D eigenvalue weighted by atomic mass is 16.2. The van der Waals surface area contributed by atoms with Crippen molar-refractivity contribution in [1.82, 2.24) is 9.80 Å². The maximum Gasteiger partial charge on any atom is 0.227 e. The zero-order chi connectivity index (χ0) is 12.3. The normalized spacial score (nSPS) is 20.5. The average Bonchev–Trinajstić information content (AvgIpc) is 2.76. The first kappa shape index (κ1) is 12.1. The van der Waals surface area contributed by atoms with E-state index in [0.29, 0.717) is 6.54 Å². The van der Waals surface area contributed by atoms with E-state index in [2.05, 4.69) is 24.1 Å². The molecule has 1 aromatic carbocycles. The zero-order valence-corrected chi connectivity index (χ0v) is 10.6. The number of hydrogen-bond donors (Lipinski definition) is 0. The molecule has 1 aliphatic rings. The number of amides is 1. The van der Waals surface area contributed by atoms with Gasteiger partial charge in [0, 0.05) is 20.1 Å². The highest BCUT2D eigenvalue weighted by Gasteiger charge is 2.28. The average molecular weight is 232 g/mol. The lowest BCUT2D eigenvalue weighted by Gasteiger charge is -2.21. The van der Waals surface area contributed by atoms with Gasteiger partial charge in [-0.15, -0.1) is 0 Å². The fourth-order valence-electron chi connectivity index (χ4n) is 2.38. The second-order valence-corrected chi connectivity index (χ2v) is 4.93. The quantitative estimate of drug-likeness (QED) is 0.790. The Morgan fingerprint density at radius 2 is 2.12 bits per heavy atom. The largest absolute Gasteiger partial charge is 0.341 e. The maximum atomic E-state index is 12.2. The maximum absolute atomic E-state index is 12.2. The Labute approximate surface area is 103 Å². The molecule has 17 heavy (non-hydrogen) atoms. The molecule has 1 saturated heterocycles. The minimum absolute atomic E-state index is 0.189. The van der Waals surface area contributed by atoms with E-state index in [0.717, 1.165) is 19.5 Å². The molecule has 0 spiro atoms. The molecule has 0 radical (unpaired) electrons. The third-order valence-corrected chi connectivity index (χ3v) is 3.38. The minimum atomic E-state index is 0.189. The summed E-state index contributed by atoms with van der Waals surface area (Å²) >= 11 is 0. The van der Waals surface area contributed by atoms with Gasteiger partial charge in [0.25, 0.3) is 0 Å². The van der Waals surface area contributed by atoms with Crippen molar-refractivity contribution in [3.05, 3.63) is 35.9 Å². The van der Waals surface area contributed by atoms with Gasteiger partial charge in [0.15, 0.2) is 0 Å². The van der Waals surface area contributed by atoms with Crippen molar-refractivity contribution >= 4 is 5.91 Å². The van der Waals surface area contributed by atoms with Gasteiger partial charge in [0.1, 0.15) is 0 Å². The van der Waals surface area contributed by atoms with E-state index in [-0.39, 0.29) is 11.8 Å². The van der Waals surface area contributed by atoms with Gasteiger partial charge >= 0.3 is 0 Å². The van der Waals surface area contributed by atoms with Crippen molar-refractivity contribution in [1.29, 1.82) is 0 Å². The summed E-state index contributed by atoms with van der Waals surface area (Å²) in [6, 6.07) is 10.1. The highest BCUT2D eigenvalue weighted by molar-refractivity contribution is 5.79. The Morgan fingerprint density at radius 3 is 2.71 bits per heavy atom. The van der Waals surface area contributed by atoms with Crippen LogP contribution < -0.4 is 0 Å². The van der Waals surface area contributed by atoms with Crippen LogP contribution in [-0.4, -0.2) is 42.9 Å². The summed E-state index contributed by atoms with van der Waals surface area (Å²) in [4.78, 5) is 16.3. The van der Waals surface area contributed by atoms with Gasteiger partial charge in [-0.05, 0) is 25.6 Å². The Morgan fingerprint density at radius 1 is 1.41 bits per heavy atom. The molecule has 0 aromatic heterocycles. The van der Waals surface area contributed by atoms with E-state index in [1.807, 2.05) is 30.1 Å². The topological polar surface area (TPSA) is 23.6 Å². The van der Waals surface area contributed by atoms with Crippen LogP contribution in [0.25, 0.3) is 0 Å². The van der Waals surface area contributed by atoms with Crippen LogP contribution in [0.3, 0.4) is 0 Å². The lowest BCUT2D eigenvalue weighted by Crippen LogP contribution is -2.33. The van der Waals surface area contributed by atoms with Gasteiger partial charge in [-0.2, -0.15) is 0 Å². The highest BCUT2D eigenvalue weighted by Crippen LogP contribution is 2.17. The lowest BCUT2D eigenvalue weighted by molar-refractivity contribution is -0.134. The molecule has 1 unspecified atom stereocenters. The van der Waals surface area contributed by atoms with Crippen molar-refractivity contribution in [2.24, 2.45) is 5.92 Å². The van der Waals surface area contributed by atoms with E-state index in [1.54, 1.807) is 0 Å². The van der Waals surface area contributed by atoms with E-state index in [1.165, 1.54) is 5.56 Å². The van der Waals surface area contributed by atoms with Crippen LogP contribution in [-0.2, 0) is 11.3 Å². The number of benzene rings is 1. The molecule has 0 N–H and O–H groups in total. The summed E-state index contributed by atoms with van der Waals surface area (Å²) in [5.74, 6) is 0.465. The third-order valence-electron chi connectivity index (χ3n) is 3.38. The molecule has 2 rings (SSSR count). The monoisotopic (exact) mass is 232 g/mol. The number of nitrogens with zero attached hydrogens (tertiary/aromatic N) is 2. The Kier molecular flexibility index (Phi) is 3.79. The molecule has 1 aliphatic heterocycles. The van der Waals surface area contributed by atoms with Crippen LogP contribution in [0, 0.1) is 5.92 Å². The molecule has 1 aromatic rings. The molecular weight excluding hydrogens is 212 g/mol. The number of carbonyl (C=O) groups is 1. The first-order valence-electron chi connectivity index (χ1n) is 6.14. The zero-order valence-electron chi connectivity index (χ0n) is 10.6. The van der Waals surface area contributed by atoms with Crippen LogP contribution in [0.1, 0.15) is 12.0 Å². The van der Waals surface area contributed by atoms with Crippen LogP contribution in [0.5, 0.6) is 0 Å². The van der Waals surface area contributed by atoms with Crippen LogP contribution in [0.2, 0.25) is 0 Å². The molecular formula is C14H20N2O. The molecule has 92 valence electrons. The van der Waals surface area contributed by atoms with Crippen molar-refractivity contribution in [3.8, 4) is 0 Å². The summed E-state index contributed by atoms with van der Waals surface area (Å²) in [7, 11) is 3.97. The summed E-state index contributed by atoms with van der Waals surface area (Å²) in [5.41, 5.74) is 1.19. The van der Waals surface area contributed by atoms with Crippen LogP contribution in [0.4, 0.5) is 0 Å². The van der Waals surface area contributed by atoms with Crippen molar-refractivity contribution in [2.45, 2.75) is 13.0 Å². The first-order chi connectivity index (χ1) is 8.16. The first-order valence-corrected chi connectivity index (χ1v) is 6.14. The van der Waals surface area contributed by atoms with E-state index < -0.39 is 0 Å². The fourth-order valence-corrected chi connectivity index (χ4v) is 2.38. The van der Waals surface area contributed by atoms with E-state index in [4.69, 9.17) is 0 Å². The van der Waals surface area contributed by atoms with Gasteiger partial charge in [0.05, 0.1) is 5.92 Å². The summed E-state index contributed by atoms with van der Waals surface area (Å²) in [6.45, 7) is 2.65. The van der Waals surface area contributed by atoms with E-state index in [9.17, 15) is 4.79 Å². The fraction of sp³-hybridized carbons (Fsp3) is 0.500. The van der Waals surface area contributed by atoms with Gasteiger partial charge in [-0.25, -0.2) is 0 Å². The summed E-state index contributed by atoms with van der Waals surface area (Å²) < 4.78 is 0. The Hall–Kier alpha value is -1.35. The molecule has 0 aliphatic carbocycles. The van der Waals surface area contributed by atoms with Crippen LogP contribution >= 0.6 is 0 Å². The molecule has 3 heteroatoms. The second-order valence-electron chi connectivity index (χ2n) is 4.93. The number of carbonyl (C=O) groups excluding carboxylic acids is 1. The number of hydrogen-bond acceptors (Lipinski definition) is 2. The molecule has 0 saturated carbocycles. The van der Waals surface area contributed by atoms with Crippen molar-refractivity contribution in [3.63, 3.8) is 0 Å². The number of rotatable bonds is 3. The molecule has 1 heterocycles. The van der Waals surface area contributed by atoms with Gasteiger partial charge in [-0.1, -0.05) is 30.3 Å². The third kappa shape index (κ3) is 3.07. The smallest absolute Gasteiger partial charge is 0.227 e. The van der Waals surface area contributed by atoms with Gasteiger partial charge in [-0.3, -0.25) is 4.79 Å². The van der Waals surface area contributed by atoms with Crippen LogP contribution in [0.15, 0.2) is 30.3 Å². The molecule has 1 atom stereocenters. The molecule has 0 bridgehead atoms.